The molecule has 0 aliphatic heterocycles. The Morgan fingerprint density at radius 2 is 1.80 bits per heavy atom. The molecule has 76 valence electrons. The van der Waals surface area contributed by atoms with Gasteiger partial charge in [0.1, 0.15) is 0 Å². The average molecular weight is 200 g/mol. The number of hydrogen-bond donors (Lipinski definition) is 2. The summed E-state index contributed by atoms with van der Waals surface area (Å²) in [7, 11) is 1.59. The number of nitrogen functional groups attached to an aromatic ring is 1. The van der Waals surface area contributed by atoms with Crippen LogP contribution in [0.4, 0.5) is 5.69 Å². The predicted octanol–water partition coefficient (Wildman–Crippen LogP) is 1.78. The fraction of sp³-hybridized carbons (Fsp3) is 0.0833. The van der Waals surface area contributed by atoms with E-state index in [0.717, 1.165) is 10.8 Å². The molecule has 0 heterocycles. The highest BCUT2D eigenvalue weighted by atomic mass is 16.1. The zero-order valence-electron chi connectivity index (χ0n) is 8.45. The fourth-order valence-corrected chi connectivity index (χ4v) is 1.59. The van der Waals surface area contributed by atoms with Gasteiger partial charge in [-0.3, -0.25) is 4.79 Å². The lowest BCUT2D eigenvalue weighted by Gasteiger charge is -2.06. The van der Waals surface area contributed by atoms with Crippen molar-refractivity contribution in [3.63, 3.8) is 0 Å². The zero-order valence-corrected chi connectivity index (χ0v) is 8.45. The van der Waals surface area contributed by atoms with E-state index in [4.69, 9.17) is 5.73 Å². The molecule has 2 aromatic carbocycles. The number of fused-ring (bicyclic) bond motifs is 1. The first-order chi connectivity index (χ1) is 7.22. The predicted molar refractivity (Wildman–Crippen MR) is 61.8 cm³/mol. The van der Waals surface area contributed by atoms with Crippen LogP contribution >= 0.6 is 0 Å². The minimum absolute atomic E-state index is 0.154. The van der Waals surface area contributed by atoms with Gasteiger partial charge >= 0.3 is 0 Å². The molecule has 3 heteroatoms. The van der Waals surface area contributed by atoms with E-state index >= 15 is 0 Å². The second-order valence-corrected chi connectivity index (χ2v) is 3.37. The van der Waals surface area contributed by atoms with Crippen molar-refractivity contribution in [2.45, 2.75) is 0 Å². The smallest absolute Gasteiger partial charge is 0.253 e. The topological polar surface area (TPSA) is 55.1 Å². The average Bonchev–Trinajstić information content (AvgIpc) is 2.27. The van der Waals surface area contributed by atoms with Gasteiger partial charge in [0, 0.05) is 12.7 Å². The quantitative estimate of drug-likeness (QED) is 0.689. The lowest BCUT2D eigenvalue weighted by atomic mass is 10.0. The van der Waals surface area contributed by atoms with Crippen LogP contribution in [0.5, 0.6) is 0 Å². The standard InChI is InChI=1S/C12H12N2O/c1-14-12(15)10-6-8-4-2-3-5-9(8)7-11(10)13/h2-7H,13H2,1H3,(H,14,15). The largest absolute Gasteiger partial charge is 0.398 e. The normalized spacial score (nSPS) is 10.2. The number of carbonyl (C=O) groups excluding carboxylic acids is 1. The number of amides is 1. The van der Waals surface area contributed by atoms with Crippen molar-refractivity contribution >= 4 is 22.4 Å². The van der Waals surface area contributed by atoms with E-state index < -0.39 is 0 Å². The summed E-state index contributed by atoms with van der Waals surface area (Å²) in [6.07, 6.45) is 0. The first kappa shape index (κ1) is 9.52. The molecule has 0 aliphatic carbocycles. The Morgan fingerprint density at radius 3 is 2.40 bits per heavy atom. The number of hydrogen-bond acceptors (Lipinski definition) is 2. The van der Waals surface area contributed by atoms with Crippen molar-refractivity contribution in [1.82, 2.24) is 5.32 Å². The number of nitrogens with one attached hydrogen (secondary N) is 1. The molecule has 1 amide bonds. The Morgan fingerprint density at radius 1 is 1.20 bits per heavy atom. The highest BCUT2D eigenvalue weighted by Crippen LogP contribution is 2.21. The summed E-state index contributed by atoms with van der Waals surface area (Å²) in [4.78, 5) is 11.5. The van der Waals surface area contributed by atoms with Crippen molar-refractivity contribution in [2.75, 3.05) is 12.8 Å². The van der Waals surface area contributed by atoms with Crippen molar-refractivity contribution < 1.29 is 4.79 Å². The molecular weight excluding hydrogens is 188 g/mol. The van der Waals surface area contributed by atoms with Gasteiger partial charge in [-0.15, -0.1) is 0 Å². The highest BCUT2D eigenvalue weighted by Gasteiger charge is 2.08. The van der Waals surface area contributed by atoms with E-state index in [-0.39, 0.29) is 5.91 Å². The third-order valence-corrected chi connectivity index (χ3v) is 2.39. The molecule has 0 aliphatic rings. The summed E-state index contributed by atoms with van der Waals surface area (Å²) in [6, 6.07) is 11.4. The van der Waals surface area contributed by atoms with Crippen molar-refractivity contribution in [1.29, 1.82) is 0 Å². The highest BCUT2D eigenvalue weighted by molar-refractivity contribution is 6.03. The maximum Gasteiger partial charge on any atom is 0.253 e. The third-order valence-electron chi connectivity index (χ3n) is 2.39. The molecule has 0 saturated carbocycles. The Labute approximate surface area is 87.9 Å². The molecule has 0 atom stereocenters. The zero-order chi connectivity index (χ0) is 10.8. The summed E-state index contributed by atoms with van der Waals surface area (Å²) in [5.41, 5.74) is 6.83. The van der Waals surface area contributed by atoms with Gasteiger partial charge in [0.25, 0.3) is 5.91 Å². The first-order valence-corrected chi connectivity index (χ1v) is 4.72. The van der Waals surface area contributed by atoms with Crippen LogP contribution in [-0.2, 0) is 0 Å². The molecule has 3 N–H and O–H groups in total. The molecule has 0 unspecified atom stereocenters. The fourth-order valence-electron chi connectivity index (χ4n) is 1.59. The van der Waals surface area contributed by atoms with E-state index in [1.165, 1.54) is 0 Å². The summed E-state index contributed by atoms with van der Waals surface area (Å²) >= 11 is 0. The number of nitrogens with two attached hydrogens (primary N) is 1. The van der Waals surface area contributed by atoms with Crippen LogP contribution in [0.3, 0.4) is 0 Å². The molecule has 0 radical (unpaired) electrons. The van der Waals surface area contributed by atoms with Crippen LogP contribution in [0, 0.1) is 0 Å². The van der Waals surface area contributed by atoms with Crippen molar-refractivity contribution in [3.05, 3.63) is 42.0 Å². The van der Waals surface area contributed by atoms with Gasteiger partial charge in [-0.25, -0.2) is 0 Å². The number of carbonyl (C=O) groups is 1. The molecular formula is C12H12N2O. The third kappa shape index (κ3) is 1.64. The minimum atomic E-state index is -0.154. The number of rotatable bonds is 1. The summed E-state index contributed by atoms with van der Waals surface area (Å²) < 4.78 is 0. The molecule has 3 nitrogen and oxygen atoms in total. The van der Waals surface area contributed by atoms with Gasteiger partial charge in [0.05, 0.1) is 5.56 Å². The number of benzene rings is 2. The van der Waals surface area contributed by atoms with Crippen LogP contribution in [0.1, 0.15) is 10.4 Å². The molecule has 0 fully saturated rings. The van der Waals surface area contributed by atoms with Crippen molar-refractivity contribution in [2.24, 2.45) is 0 Å². The van der Waals surface area contributed by atoms with Gasteiger partial charge < -0.3 is 11.1 Å². The van der Waals surface area contributed by atoms with Crippen molar-refractivity contribution in [3.8, 4) is 0 Å². The Kier molecular flexibility index (Phi) is 2.29. The first-order valence-electron chi connectivity index (χ1n) is 4.72. The Bertz CT molecular complexity index is 520. The summed E-state index contributed by atoms with van der Waals surface area (Å²) in [5, 5.41) is 4.63. The van der Waals surface area contributed by atoms with E-state index in [1.807, 2.05) is 36.4 Å². The molecule has 2 rings (SSSR count). The maximum absolute atomic E-state index is 11.5. The Balaban J connectivity index is 2.67. The molecule has 0 saturated heterocycles. The van der Waals surface area contributed by atoms with Gasteiger partial charge in [-0.2, -0.15) is 0 Å². The maximum atomic E-state index is 11.5. The molecule has 15 heavy (non-hydrogen) atoms. The van der Waals surface area contributed by atoms with Crippen LogP contribution in [0.15, 0.2) is 36.4 Å². The molecule has 2 aromatic rings. The molecule has 0 aromatic heterocycles. The second kappa shape index (κ2) is 3.61. The lowest BCUT2D eigenvalue weighted by Crippen LogP contribution is -2.19. The van der Waals surface area contributed by atoms with Crippen LogP contribution < -0.4 is 11.1 Å². The number of anilines is 1. The summed E-state index contributed by atoms with van der Waals surface area (Å²) in [6.45, 7) is 0. The van der Waals surface area contributed by atoms with E-state index in [1.54, 1.807) is 7.05 Å². The van der Waals surface area contributed by atoms with E-state index in [2.05, 4.69) is 5.32 Å². The second-order valence-electron chi connectivity index (χ2n) is 3.37. The Hall–Kier alpha value is -2.03. The molecule has 0 bridgehead atoms. The van der Waals surface area contributed by atoms with Crippen LogP contribution in [0.2, 0.25) is 0 Å². The summed E-state index contributed by atoms with van der Waals surface area (Å²) in [5.74, 6) is -0.154. The van der Waals surface area contributed by atoms with Gasteiger partial charge in [-0.1, -0.05) is 24.3 Å². The lowest BCUT2D eigenvalue weighted by molar-refractivity contribution is 0.0964. The van der Waals surface area contributed by atoms with Gasteiger partial charge in [0.2, 0.25) is 0 Å². The van der Waals surface area contributed by atoms with E-state index in [9.17, 15) is 4.79 Å². The van der Waals surface area contributed by atoms with E-state index in [0.29, 0.717) is 11.3 Å². The van der Waals surface area contributed by atoms with Gasteiger partial charge in [0.15, 0.2) is 0 Å². The monoisotopic (exact) mass is 200 g/mol. The molecule has 0 spiro atoms. The van der Waals surface area contributed by atoms with Gasteiger partial charge in [-0.05, 0) is 22.9 Å². The minimum Gasteiger partial charge on any atom is -0.398 e. The van der Waals surface area contributed by atoms with Crippen LogP contribution in [-0.4, -0.2) is 13.0 Å². The van der Waals surface area contributed by atoms with Crippen LogP contribution in [0.25, 0.3) is 10.8 Å². The SMILES string of the molecule is CNC(=O)c1cc2ccccc2cc1N.